The normalized spacial score (nSPS) is 11.5. The van der Waals surface area contributed by atoms with Gasteiger partial charge >= 0.3 is 0 Å². The van der Waals surface area contributed by atoms with Crippen LogP contribution in [0.4, 0.5) is 0 Å². The third-order valence-corrected chi connectivity index (χ3v) is 14.2. The SMILES string of the molecule is c1ccc(-c2cccc(-c3ccc4c(c3)c3ccccc3n4-c3ccccc3-c3cc(-c4ccccc4-n4c5ccccc5c5cc(-c6cccc(-c7ccccc7)n6)ccc54)nc(-c4ccccc4)n3)n2)cc1. The molecule has 0 aliphatic carbocycles. The predicted molar refractivity (Wildman–Crippen MR) is 304 cm³/mol. The van der Waals surface area contributed by atoms with Crippen molar-refractivity contribution in [2.45, 2.75) is 0 Å². The van der Waals surface area contributed by atoms with Gasteiger partial charge in [0.15, 0.2) is 5.82 Å². The van der Waals surface area contributed by atoms with Crippen LogP contribution < -0.4 is 0 Å². The Labute approximate surface area is 427 Å². The summed E-state index contributed by atoms with van der Waals surface area (Å²) < 4.78 is 4.77. The van der Waals surface area contributed by atoms with E-state index in [0.717, 1.165) is 128 Å². The fourth-order valence-corrected chi connectivity index (χ4v) is 10.7. The zero-order valence-electron chi connectivity index (χ0n) is 40.1. The molecule has 0 saturated carbocycles. The summed E-state index contributed by atoms with van der Waals surface area (Å²) in [4.78, 5) is 21.1. The minimum atomic E-state index is 0.650. The maximum absolute atomic E-state index is 5.43. The third kappa shape index (κ3) is 7.44. The summed E-state index contributed by atoms with van der Waals surface area (Å²) in [6.45, 7) is 0. The number of pyridine rings is 2. The summed E-state index contributed by atoms with van der Waals surface area (Å²) in [6.07, 6.45) is 0. The first-order valence-corrected chi connectivity index (χ1v) is 25.0. The van der Waals surface area contributed by atoms with Crippen molar-refractivity contribution in [1.29, 1.82) is 0 Å². The van der Waals surface area contributed by atoms with Crippen molar-refractivity contribution in [1.82, 2.24) is 29.1 Å². The second-order valence-corrected chi connectivity index (χ2v) is 18.6. The Morgan fingerprint density at radius 2 is 0.581 bits per heavy atom. The van der Waals surface area contributed by atoms with Gasteiger partial charge in [0.25, 0.3) is 0 Å². The number of para-hydroxylation sites is 4. The summed E-state index contributed by atoms with van der Waals surface area (Å²) in [5.74, 6) is 0.650. The van der Waals surface area contributed by atoms with Crippen LogP contribution in [0.2, 0.25) is 0 Å². The molecule has 0 N–H and O–H groups in total. The minimum Gasteiger partial charge on any atom is -0.309 e. The van der Waals surface area contributed by atoms with E-state index in [4.69, 9.17) is 19.9 Å². The number of fused-ring (bicyclic) bond motifs is 6. The maximum atomic E-state index is 5.43. The van der Waals surface area contributed by atoms with E-state index in [0.29, 0.717) is 5.82 Å². The van der Waals surface area contributed by atoms with Gasteiger partial charge < -0.3 is 9.13 Å². The lowest BCUT2D eigenvalue weighted by molar-refractivity contribution is 1.14. The van der Waals surface area contributed by atoms with Crippen molar-refractivity contribution in [2.75, 3.05) is 0 Å². The van der Waals surface area contributed by atoms with Gasteiger partial charge in [-0.15, -0.1) is 0 Å². The van der Waals surface area contributed by atoms with Gasteiger partial charge in [0.05, 0.1) is 67.6 Å². The van der Waals surface area contributed by atoms with Gasteiger partial charge in [0.2, 0.25) is 0 Å². The Hall–Kier alpha value is -10.0. The molecule has 0 atom stereocenters. The highest BCUT2D eigenvalue weighted by Crippen LogP contribution is 2.41. The molecular formula is C68H44N6. The molecule has 74 heavy (non-hydrogen) atoms. The predicted octanol–water partition coefficient (Wildman–Crippen LogP) is 17.1. The van der Waals surface area contributed by atoms with Gasteiger partial charge in [-0.05, 0) is 78.9 Å². The number of hydrogen-bond acceptors (Lipinski definition) is 4. The minimum absolute atomic E-state index is 0.650. The lowest BCUT2D eigenvalue weighted by Crippen LogP contribution is -2.02. The van der Waals surface area contributed by atoms with Crippen molar-refractivity contribution < 1.29 is 0 Å². The van der Waals surface area contributed by atoms with E-state index in [9.17, 15) is 0 Å². The van der Waals surface area contributed by atoms with Crippen LogP contribution in [0.15, 0.2) is 267 Å². The van der Waals surface area contributed by atoms with Crippen LogP contribution in [0, 0.1) is 0 Å². The summed E-state index contributed by atoms with van der Waals surface area (Å²) in [7, 11) is 0. The van der Waals surface area contributed by atoms with Gasteiger partial charge in [-0.3, -0.25) is 0 Å². The number of aromatic nitrogens is 6. The molecule has 0 radical (unpaired) electrons. The molecule has 0 aliphatic rings. The Morgan fingerprint density at radius 1 is 0.216 bits per heavy atom. The monoisotopic (exact) mass is 944 g/mol. The lowest BCUT2D eigenvalue weighted by atomic mass is 10.0. The first kappa shape index (κ1) is 42.8. The van der Waals surface area contributed by atoms with E-state index in [1.807, 2.05) is 30.3 Å². The van der Waals surface area contributed by atoms with Crippen molar-refractivity contribution >= 4 is 43.6 Å². The molecule has 346 valence electrons. The first-order chi connectivity index (χ1) is 36.7. The number of hydrogen-bond donors (Lipinski definition) is 0. The fraction of sp³-hybridized carbons (Fsp3) is 0. The van der Waals surface area contributed by atoms with Crippen LogP contribution in [0.25, 0.3) is 134 Å². The van der Waals surface area contributed by atoms with Crippen LogP contribution in [0.1, 0.15) is 0 Å². The summed E-state index contributed by atoms with van der Waals surface area (Å²) in [6, 6.07) is 93.7. The van der Waals surface area contributed by atoms with E-state index in [-0.39, 0.29) is 0 Å². The second-order valence-electron chi connectivity index (χ2n) is 18.6. The van der Waals surface area contributed by atoms with Crippen LogP contribution in [-0.2, 0) is 0 Å². The summed E-state index contributed by atoms with van der Waals surface area (Å²) in [5, 5.41) is 4.63. The van der Waals surface area contributed by atoms with Crippen LogP contribution in [0.5, 0.6) is 0 Å². The van der Waals surface area contributed by atoms with Crippen LogP contribution >= 0.6 is 0 Å². The van der Waals surface area contributed by atoms with Crippen molar-refractivity contribution in [2.24, 2.45) is 0 Å². The van der Waals surface area contributed by atoms with E-state index in [2.05, 4.69) is 246 Å². The fourth-order valence-electron chi connectivity index (χ4n) is 10.7. The molecule has 14 rings (SSSR count). The standard InChI is InChI=1S/C68H44N6/c1-4-20-45(21-5-1)56-30-18-32-58(69-56)48-38-40-66-54(42-48)50-26-10-14-34-62(50)73(66)64-36-16-12-28-52(64)60-44-61(72-68(71-60)47-24-8-3-9-25-47)53-29-13-17-37-65(53)74-63-35-15-11-27-51(63)55-43-49(39-41-67(55)74)59-33-19-31-57(70-59)46-22-6-2-7-23-46/h1-44H. The van der Waals surface area contributed by atoms with Crippen molar-refractivity contribution in [3.63, 3.8) is 0 Å². The molecule has 0 spiro atoms. The van der Waals surface area contributed by atoms with Gasteiger partial charge in [0.1, 0.15) is 0 Å². The highest BCUT2D eigenvalue weighted by molar-refractivity contribution is 6.12. The second kappa shape index (κ2) is 18.0. The highest BCUT2D eigenvalue weighted by atomic mass is 15.0. The first-order valence-electron chi connectivity index (χ1n) is 25.0. The van der Waals surface area contributed by atoms with Gasteiger partial charge in [-0.2, -0.15) is 0 Å². The van der Waals surface area contributed by atoms with Gasteiger partial charge in [0, 0.05) is 60.5 Å². The number of nitrogens with zero attached hydrogens (tertiary/aromatic N) is 6. The smallest absolute Gasteiger partial charge is 0.160 e. The molecule has 5 aromatic heterocycles. The number of rotatable bonds is 9. The molecule has 0 fully saturated rings. The van der Waals surface area contributed by atoms with Gasteiger partial charge in [-0.25, -0.2) is 19.9 Å². The highest BCUT2D eigenvalue weighted by Gasteiger charge is 2.22. The quantitative estimate of drug-likeness (QED) is 0.145. The van der Waals surface area contributed by atoms with E-state index >= 15 is 0 Å². The van der Waals surface area contributed by atoms with Crippen molar-refractivity contribution in [3.8, 4) is 90.3 Å². The molecule has 5 heterocycles. The molecule has 0 amide bonds. The molecule has 14 aromatic rings. The Balaban J connectivity index is 0.924. The Kier molecular flexibility index (Phi) is 10.4. The van der Waals surface area contributed by atoms with Crippen LogP contribution in [0.3, 0.4) is 0 Å². The number of benzene rings is 9. The van der Waals surface area contributed by atoms with Crippen LogP contribution in [-0.4, -0.2) is 29.1 Å². The van der Waals surface area contributed by atoms with Crippen molar-refractivity contribution in [3.05, 3.63) is 267 Å². The molecule has 0 unspecified atom stereocenters. The largest absolute Gasteiger partial charge is 0.309 e. The molecular weight excluding hydrogens is 901 g/mol. The third-order valence-electron chi connectivity index (χ3n) is 14.2. The molecule has 6 nitrogen and oxygen atoms in total. The van der Waals surface area contributed by atoms with E-state index in [1.165, 1.54) is 0 Å². The molecule has 9 aromatic carbocycles. The van der Waals surface area contributed by atoms with E-state index in [1.54, 1.807) is 0 Å². The van der Waals surface area contributed by atoms with Gasteiger partial charge in [-0.1, -0.05) is 188 Å². The zero-order valence-corrected chi connectivity index (χ0v) is 40.1. The van der Waals surface area contributed by atoms with E-state index < -0.39 is 0 Å². The average Bonchev–Trinajstić information content (AvgIpc) is 4.02. The Morgan fingerprint density at radius 3 is 1.04 bits per heavy atom. The summed E-state index contributed by atoms with van der Waals surface area (Å²) in [5.41, 5.74) is 19.1. The zero-order chi connectivity index (χ0) is 49.0. The summed E-state index contributed by atoms with van der Waals surface area (Å²) >= 11 is 0. The molecule has 6 heteroatoms. The molecule has 0 bridgehead atoms. The molecule has 0 saturated heterocycles. The Bertz CT molecular complexity index is 4160. The maximum Gasteiger partial charge on any atom is 0.160 e. The molecule has 0 aliphatic heterocycles. The topological polar surface area (TPSA) is 61.4 Å². The average molecular weight is 945 g/mol. The lowest BCUT2D eigenvalue weighted by Gasteiger charge is -2.17.